The zero-order valence-corrected chi connectivity index (χ0v) is 10.5. The van der Waals surface area contributed by atoms with Gasteiger partial charge in [0.05, 0.1) is 0 Å². The van der Waals surface area contributed by atoms with Gasteiger partial charge in [0.1, 0.15) is 5.88 Å². The van der Waals surface area contributed by atoms with E-state index < -0.39 is 0 Å². The molecule has 1 unspecified atom stereocenters. The van der Waals surface area contributed by atoms with Crippen molar-refractivity contribution in [2.24, 2.45) is 0 Å². The van der Waals surface area contributed by atoms with Crippen LogP contribution in [0.3, 0.4) is 0 Å². The van der Waals surface area contributed by atoms with E-state index in [1.807, 2.05) is 6.07 Å². The molecule has 17 heavy (non-hydrogen) atoms. The fraction of sp³-hybridized carbons (Fsp3) is 0.462. The molecule has 4 heteroatoms. The van der Waals surface area contributed by atoms with Gasteiger partial charge in [-0.05, 0) is 12.0 Å². The molecule has 1 aromatic carbocycles. The second kappa shape index (κ2) is 6.03. The predicted octanol–water partition coefficient (Wildman–Crippen LogP) is 1.62. The van der Waals surface area contributed by atoms with E-state index in [4.69, 9.17) is 11.6 Å². The Bertz CT molecular complexity index is 369. The first kappa shape index (κ1) is 12.4. The third kappa shape index (κ3) is 3.72. The molecule has 0 aliphatic carbocycles. The molecule has 1 aliphatic heterocycles. The van der Waals surface area contributed by atoms with E-state index in [9.17, 15) is 4.79 Å². The van der Waals surface area contributed by atoms with E-state index in [1.165, 1.54) is 5.56 Å². The lowest BCUT2D eigenvalue weighted by Gasteiger charge is -2.16. The minimum Gasteiger partial charge on any atom is -0.351 e. The normalized spacial score (nSPS) is 20.4. The fourth-order valence-corrected chi connectivity index (χ4v) is 2.28. The molecule has 1 fully saturated rings. The number of hydrogen-bond donors (Lipinski definition) is 1. The lowest BCUT2D eigenvalue weighted by molar-refractivity contribution is -0.119. The molecule has 1 saturated heterocycles. The molecule has 0 radical (unpaired) electrons. The maximum Gasteiger partial charge on any atom is 0.235 e. The van der Waals surface area contributed by atoms with E-state index in [2.05, 4.69) is 34.5 Å². The van der Waals surface area contributed by atoms with E-state index in [0.29, 0.717) is 0 Å². The molecule has 3 nitrogen and oxygen atoms in total. The number of nitrogens with one attached hydrogen (secondary N) is 1. The molecular weight excluding hydrogens is 236 g/mol. The van der Waals surface area contributed by atoms with Gasteiger partial charge in [-0.2, -0.15) is 0 Å². The van der Waals surface area contributed by atoms with Crippen LogP contribution in [0.2, 0.25) is 0 Å². The third-order valence-corrected chi connectivity index (χ3v) is 3.25. The fourth-order valence-electron chi connectivity index (χ4n) is 2.20. The van der Waals surface area contributed by atoms with Gasteiger partial charge in [-0.1, -0.05) is 30.3 Å². The van der Waals surface area contributed by atoms with Crippen molar-refractivity contribution < 1.29 is 4.79 Å². The number of carbonyl (C=O) groups is 1. The van der Waals surface area contributed by atoms with Gasteiger partial charge < -0.3 is 5.32 Å². The van der Waals surface area contributed by atoms with E-state index in [1.54, 1.807) is 0 Å². The number of hydrogen-bond acceptors (Lipinski definition) is 2. The van der Waals surface area contributed by atoms with Crippen LogP contribution in [0, 0.1) is 0 Å². The van der Waals surface area contributed by atoms with E-state index in [-0.39, 0.29) is 17.8 Å². The van der Waals surface area contributed by atoms with Crippen LogP contribution in [0.5, 0.6) is 0 Å². The van der Waals surface area contributed by atoms with Crippen molar-refractivity contribution in [3.8, 4) is 0 Å². The smallest absolute Gasteiger partial charge is 0.235 e. The number of alkyl halides is 1. The second-order valence-electron chi connectivity index (χ2n) is 4.41. The number of likely N-dealkylation sites (tertiary alicyclic amines) is 1. The Kier molecular flexibility index (Phi) is 4.40. The highest BCUT2D eigenvalue weighted by Gasteiger charge is 2.23. The first-order valence-electron chi connectivity index (χ1n) is 5.89. The van der Waals surface area contributed by atoms with Gasteiger partial charge in [-0.15, -0.1) is 11.6 Å². The predicted molar refractivity (Wildman–Crippen MR) is 69.0 cm³/mol. The summed E-state index contributed by atoms with van der Waals surface area (Å²) < 4.78 is 0. The molecule has 1 N–H and O–H groups in total. The zero-order valence-electron chi connectivity index (χ0n) is 9.73. The molecule has 0 bridgehead atoms. The maximum atomic E-state index is 11.2. The minimum atomic E-state index is -0.0711. The molecule has 1 aliphatic rings. The first-order chi connectivity index (χ1) is 8.28. The van der Waals surface area contributed by atoms with Crippen LogP contribution in [0.4, 0.5) is 0 Å². The second-order valence-corrected chi connectivity index (χ2v) is 4.67. The highest BCUT2D eigenvalue weighted by molar-refractivity contribution is 6.27. The molecule has 1 amide bonds. The largest absolute Gasteiger partial charge is 0.351 e. The number of carbonyl (C=O) groups excluding carboxylic acids is 1. The molecule has 1 atom stereocenters. The van der Waals surface area contributed by atoms with Gasteiger partial charge in [-0.25, -0.2) is 0 Å². The topological polar surface area (TPSA) is 32.3 Å². The molecule has 0 saturated carbocycles. The SMILES string of the molecule is O=C(CCl)NC1CCN(Cc2ccccc2)C1. The van der Waals surface area contributed by atoms with Gasteiger partial charge in [0.15, 0.2) is 0 Å². The molecule has 2 rings (SSSR count). The standard InChI is InChI=1S/C13H17ClN2O/c14-8-13(17)15-12-6-7-16(10-12)9-11-4-2-1-3-5-11/h1-5,12H,6-10H2,(H,15,17). The summed E-state index contributed by atoms with van der Waals surface area (Å²) in [4.78, 5) is 13.5. The van der Waals surface area contributed by atoms with Crippen LogP contribution in [-0.4, -0.2) is 35.8 Å². The zero-order chi connectivity index (χ0) is 12.1. The number of halogens is 1. The lowest BCUT2D eigenvalue weighted by atomic mass is 10.2. The van der Waals surface area contributed by atoms with Gasteiger partial charge in [0.2, 0.25) is 5.91 Å². The Labute approximate surface area is 107 Å². The quantitative estimate of drug-likeness (QED) is 0.826. The molecule has 92 valence electrons. The summed E-state index contributed by atoms with van der Waals surface area (Å²) >= 11 is 5.47. The maximum absolute atomic E-state index is 11.2. The lowest BCUT2D eigenvalue weighted by Crippen LogP contribution is -2.37. The Morgan fingerprint density at radius 3 is 2.88 bits per heavy atom. The Morgan fingerprint density at radius 1 is 1.41 bits per heavy atom. The summed E-state index contributed by atoms with van der Waals surface area (Å²) in [6, 6.07) is 10.6. The van der Waals surface area contributed by atoms with Gasteiger partial charge in [0.25, 0.3) is 0 Å². The van der Waals surface area contributed by atoms with Crippen molar-refractivity contribution in [1.82, 2.24) is 10.2 Å². The Morgan fingerprint density at radius 2 is 2.18 bits per heavy atom. The summed E-state index contributed by atoms with van der Waals surface area (Å²) in [6.45, 7) is 2.90. The minimum absolute atomic E-state index is 0.0508. The third-order valence-electron chi connectivity index (χ3n) is 3.01. The van der Waals surface area contributed by atoms with Crippen LogP contribution >= 0.6 is 11.6 Å². The Hall–Kier alpha value is -1.06. The molecule has 1 heterocycles. The van der Waals surface area contributed by atoms with Crippen molar-refractivity contribution in [3.63, 3.8) is 0 Å². The van der Waals surface area contributed by atoms with Crippen molar-refractivity contribution in [3.05, 3.63) is 35.9 Å². The highest BCUT2D eigenvalue weighted by Crippen LogP contribution is 2.13. The van der Waals surface area contributed by atoms with E-state index >= 15 is 0 Å². The average Bonchev–Trinajstić information content (AvgIpc) is 2.77. The summed E-state index contributed by atoms with van der Waals surface area (Å²) in [5.41, 5.74) is 1.32. The van der Waals surface area contributed by atoms with Crippen LogP contribution in [0.1, 0.15) is 12.0 Å². The summed E-state index contributed by atoms with van der Waals surface area (Å²) in [5.74, 6) is -0.0203. The van der Waals surface area contributed by atoms with Crippen molar-refractivity contribution in [2.45, 2.75) is 19.0 Å². The summed E-state index contributed by atoms with van der Waals surface area (Å²) in [7, 11) is 0. The molecular formula is C13H17ClN2O. The van der Waals surface area contributed by atoms with Crippen molar-refractivity contribution in [1.29, 1.82) is 0 Å². The van der Waals surface area contributed by atoms with Crippen molar-refractivity contribution in [2.75, 3.05) is 19.0 Å². The van der Waals surface area contributed by atoms with Crippen LogP contribution in [-0.2, 0) is 11.3 Å². The van der Waals surface area contributed by atoms with Gasteiger partial charge >= 0.3 is 0 Å². The number of amides is 1. The Balaban J connectivity index is 1.80. The van der Waals surface area contributed by atoms with Crippen LogP contribution < -0.4 is 5.32 Å². The van der Waals surface area contributed by atoms with Gasteiger partial charge in [-0.3, -0.25) is 9.69 Å². The number of rotatable bonds is 4. The van der Waals surface area contributed by atoms with Gasteiger partial charge in [0, 0.05) is 25.7 Å². The average molecular weight is 253 g/mol. The van der Waals surface area contributed by atoms with E-state index in [0.717, 1.165) is 26.1 Å². The summed E-state index contributed by atoms with van der Waals surface area (Å²) in [5, 5.41) is 2.93. The number of benzene rings is 1. The summed E-state index contributed by atoms with van der Waals surface area (Å²) in [6.07, 6.45) is 1.01. The van der Waals surface area contributed by atoms with Crippen LogP contribution in [0.15, 0.2) is 30.3 Å². The highest BCUT2D eigenvalue weighted by atomic mass is 35.5. The first-order valence-corrected chi connectivity index (χ1v) is 6.43. The molecule has 0 aromatic heterocycles. The molecule has 0 spiro atoms. The number of nitrogens with zero attached hydrogens (tertiary/aromatic N) is 1. The molecule has 1 aromatic rings. The van der Waals surface area contributed by atoms with Crippen LogP contribution in [0.25, 0.3) is 0 Å². The van der Waals surface area contributed by atoms with Crippen molar-refractivity contribution >= 4 is 17.5 Å². The monoisotopic (exact) mass is 252 g/mol.